The molecule has 0 aromatic heterocycles. The minimum Gasteiger partial charge on any atom is -0.478 e. The third kappa shape index (κ3) is 4.65. The Morgan fingerprint density at radius 3 is 2.75 bits per heavy atom. The van der Waals surface area contributed by atoms with Gasteiger partial charge in [0.25, 0.3) is 0 Å². The van der Waals surface area contributed by atoms with E-state index in [1.54, 1.807) is 13.2 Å². The molecule has 0 saturated carbocycles. The molecule has 0 bridgehead atoms. The standard InChI is InChI=1S/C15H20BrNO3/c1-4-17(11(2)10-20-3)14-7-5-12(9-13(14)16)6-8-15(18)19/h5-9,11H,4,10H2,1-3H3,(H,18,19)/b8-6+. The number of nitrogens with zero attached hydrogens (tertiary/aromatic N) is 1. The van der Waals surface area contributed by atoms with Crippen molar-refractivity contribution >= 4 is 33.7 Å². The van der Waals surface area contributed by atoms with Gasteiger partial charge in [-0.3, -0.25) is 0 Å². The van der Waals surface area contributed by atoms with Crippen molar-refractivity contribution in [3.05, 3.63) is 34.3 Å². The number of benzene rings is 1. The third-order valence-electron chi connectivity index (χ3n) is 2.98. The number of methoxy groups -OCH3 is 1. The monoisotopic (exact) mass is 341 g/mol. The molecule has 4 nitrogen and oxygen atoms in total. The van der Waals surface area contributed by atoms with Crippen LogP contribution in [0.15, 0.2) is 28.7 Å². The number of rotatable bonds is 7. The van der Waals surface area contributed by atoms with Gasteiger partial charge in [0.15, 0.2) is 0 Å². The predicted molar refractivity (Wildman–Crippen MR) is 85.2 cm³/mol. The number of hydrogen-bond acceptors (Lipinski definition) is 3. The topological polar surface area (TPSA) is 49.8 Å². The lowest BCUT2D eigenvalue weighted by Gasteiger charge is -2.30. The van der Waals surface area contributed by atoms with E-state index in [4.69, 9.17) is 9.84 Å². The van der Waals surface area contributed by atoms with Gasteiger partial charge in [0.1, 0.15) is 0 Å². The van der Waals surface area contributed by atoms with Crippen molar-refractivity contribution < 1.29 is 14.6 Å². The Kier molecular flexibility index (Phi) is 6.75. The molecular formula is C15H20BrNO3. The number of carboxylic acid groups (broad SMARTS) is 1. The van der Waals surface area contributed by atoms with E-state index in [1.807, 2.05) is 18.2 Å². The first-order valence-electron chi connectivity index (χ1n) is 6.45. The Balaban J connectivity index is 2.98. The highest BCUT2D eigenvalue weighted by molar-refractivity contribution is 9.10. The van der Waals surface area contributed by atoms with E-state index in [9.17, 15) is 4.79 Å². The zero-order valence-corrected chi connectivity index (χ0v) is 13.6. The average molecular weight is 342 g/mol. The Hall–Kier alpha value is -1.33. The Morgan fingerprint density at radius 2 is 2.25 bits per heavy atom. The molecule has 0 aliphatic heterocycles. The highest BCUT2D eigenvalue weighted by Gasteiger charge is 2.15. The molecule has 0 spiro atoms. The summed E-state index contributed by atoms with van der Waals surface area (Å²) in [6.07, 6.45) is 2.71. The number of carbonyl (C=O) groups is 1. The zero-order valence-electron chi connectivity index (χ0n) is 12.0. The summed E-state index contributed by atoms with van der Waals surface area (Å²) >= 11 is 3.55. The summed E-state index contributed by atoms with van der Waals surface area (Å²) in [5.74, 6) is -0.950. The second-order valence-electron chi connectivity index (χ2n) is 4.47. The molecule has 0 saturated heterocycles. The van der Waals surface area contributed by atoms with E-state index in [1.165, 1.54) is 0 Å². The summed E-state index contributed by atoms with van der Waals surface area (Å²) in [5.41, 5.74) is 1.92. The van der Waals surface area contributed by atoms with Gasteiger partial charge in [0, 0.05) is 30.2 Å². The van der Waals surface area contributed by atoms with Gasteiger partial charge in [-0.1, -0.05) is 6.07 Å². The maximum Gasteiger partial charge on any atom is 0.328 e. The molecular weight excluding hydrogens is 322 g/mol. The summed E-state index contributed by atoms with van der Waals surface area (Å²) in [7, 11) is 1.69. The molecule has 1 aromatic carbocycles. The van der Waals surface area contributed by atoms with E-state index in [2.05, 4.69) is 34.7 Å². The van der Waals surface area contributed by atoms with E-state index in [0.29, 0.717) is 6.61 Å². The number of likely N-dealkylation sites (N-methyl/N-ethyl adjacent to an activating group) is 1. The third-order valence-corrected chi connectivity index (χ3v) is 3.62. The molecule has 1 atom stereocenters. The number of anilines is 1. The van der Waals surface area contributed by atoms with E-state index < -0.39 is 5.97 Å². The van der Waals surface area contributed by atoms with Crippen LogP contribution in [-0.4, -0.2) is 37.4 Å². The highest BCUT2D eigenvalue weighted by Crippen LogP contribution is 2.29. The minimum atomic E-state index is -0.950. The second-order valence-corrected chi connectivity index (χ2v) is 5.33. The molecule has 0 aliphatic carbocycles. The van der Waals surface area contributed by atoms with Crippen LogP contribution in [0.5, 0.6) is 0 Å². The molecule has 0 fully saturated rings. The highest BCUT2D eigenvalue weighted by atomic mass is 79.9. The molecule has 1 rings (SSSR count). The summed E-state index contributed by atoms with van der Waals surface area (Å²) in [5, 5.41) is 8.64. The van der Waals surface area contributed by atoms with Gasteiger partial charge in [-0.2, -0.15) is 0 Å². The zero-order chi connectivity index (χ0) is 15.1. The van der Waals surface area contributed by atoms with Gasteiger partial charge in [-0.05, 0) is 53.5 Å². The quantitative estimate of drug-likeness (QED) is 0.772. The molecule has 5 heteroatoms. The summed E-state index contributed by atoms with van der Waals surface area (Å²) in [6.45, 7) is 5.73. The first-order chi connectivity index (χ1) is 9.49. The van der Waals surface area contributed by atoms with E-state index >= 15 is 0 Å². The van der Waals surface area contributed by atoms with Gasteiger partial charge in [-0.25, -0.2) is 4.79 Å². The van der Waals surface area contributed by atoms with Gasteiger partial charge < -0.3 is 14.7 Å². The van der Waals surface area contributed by atoms with Crippen LogP contribution in [0.3, 0.4) is 0 Å². The summed E-state index contributed by atoms with van der Waals surface area (Å²) in [6, 6.07) is 6.07. The van der Waals surface area contributed by atoms with Crippen molar-refractivity contribution in [2.45, 2.75) is 19.9 Å². The van der Waals surface area contributed by atoms with Gasteiger partial charge in [0.05, 0.1) is 12.3 Å². The van der Waals surface area contributed by atoms with E-state index in [-0.39, 0.29) is 6.04 Å². The Labute approximate surface area is 128 Å². The van der Waals surface area contributed by atoms with Gasteiger partial charge >= 0.3 is 5.97 Å². The smallest absolute Gasteiger partial charge is 0.328 e. The predicted octanol–water partition coefficient (Wildman–Crippen LogP) is 3.41. The lowest BCUT2D eigenvalue weighted by Crippen LogP contribution is -2.36. The van der Waals surface area contributed by atoms with Crippen molar-refractivity contribution in [3.8, 4) is 0 Å². The normalized spacial score (nSPS) is 12.6. The molecule has 0 radical (unpaired) electrons. The number of carboxylic acids is 1. The fraction of sp³-hybridized carbons (Fsp3) is 0.400. The molecule has 1 N–H and O–H groups in total. The first kappa shape index (κ1) is 16.7. The number of hydrogen-bond donors (Lipinski definition) is 1. The first-order valence-corrected chi connectivity index (χ1v) is 7.25. The number of ether oxygens (including phenoxy) is 1. The number of halogens is 1. The van der Waals surface area contributed by atoms with Crippen molar-refractivity contribution in [1.29, 1.82) is 0 Å². The summed E-state index contributed by atoms with van der Waals surface area (Å²) < 4.78 is 6.14. The molecule has 0 amide bonds. The van der Waals surface area contributed by atoms with Crippen molar-refractivity contribution in [2.24, 2.45) is 0 Å². The molecule has 0 heterocycles. The van der Waals surface area contributed by atoms with Crippen molar-refractivity contribution in [1.82, 2.24) is 0 Å². The van der Waals surface area contributed by atoms with Crippen LogP contribution in [0.2, 0.25) is 0 Å². The largest absolute Gasteiger partial charge is 0.478 e. The van der Waals surface area contributed by atoms with Gasteiger partial charge in [-0.15, -0.1) is 0 Å². The fourth-order valence-corrected chi connectivity index (χ4v) is 2.70. The molecule has 1 aromatic rings. The maximum atomic E-state index is 10.5. The SMILES string of the molecule is CCN(c1ccc(/C=C/C(=O)O)cc1Br)C(C)COC. The fourth-order valence-electron chi connectivity index (χ4n) is 2.08. The number of aliphatic carboxylic acids is 1. The average Bonchev–Trinajstić information content (AvgIpc) is 2.39. The molecule has 110 valence electrons. The maximum absolute atomic E-state index is 10.5. The Morgan fingerprint density at radius 1 is 1.55 bits per heavy atom. The molecule has 1 unspecified atom stereocenters. The Bertz CT molecular complexity index is 488. The lowest BCUT2D eigenvalue weighted by atomic mass is 10.1. The van der Waals surface area contributed by atoms with Crippen molar-refractivity contribution in [3.63, 3.8) is 0 Å². The van der Waals surface area contributed by atoms with Crippen LogP contribution >= 0.6 is 15.9 Å². The van der Waals surface area contributed by atoms with Gasteiger partial charge in [0.2, 0.25) is 0 Å². The minimum absolute atomic E-state index is 0.265. The molecule has 0 aliphatic rings. The van der Waals surface area contributed by atoms with Crippen molar-refractivity contribution in [2.75, 3.05) is 25.2 Å². The van der Waals surface area contributed by atoms with Crippen LogP contribution < -0.4 is 4.90 Å². The summed E-state index contributed by atoms with van der Waals surface area (Å²) in [4.78, 5) is 12.8. The van der Waals surface area contributed by atoms with Crippen LogP contribution in [0, 0.1) is 0 Å². The van der Waals surface area contributed by atoms with Crippen LogP contribution in [0.1, 0.15) is 19.4 Å². The lowest BCUT2D eigenvalue weighted by molar-refractivity contribution is -0.131. The van der Waals surface area contributed by atoms with Crippen LogP contribution in [0.25, 0.3) is 6.08 Å². The van der Waals surface area contributed by atoms with Crippen LogP contribution in [-0.2, 0) is 9.53 Å². The molecule has 20 heavy (non-hydrogen) atoms. The van der Waals surface area contributed by atoms with Crippen LogP contribution in [0.4, 0.5) is 5.69 Å². The van der Waals surface area contributed by atoms with E-state index in [0.717, 1.165) is 28.3 Å². The second kappa shape index (κ2) is 8.07.